The van der Waals surface area contributed by atoms with Crippen LogP contribution in [0, 0.1) is 0 Å². The van der Waals surface area contributed by atoms with Crippen LogP contribution in [0.15, 0.2) is 0 Å². The predicted octanol–water partition coefficient (Wildman–Crippen LogP) is 6.59. The van der Waals surface area contributed by atoms with Gasteiger partial charge in [-0.3, -0.25) is 0 Å². The average molecular weight is 426 g/mol. The van der Waals surface area contributed by atoms with Crippen LogP contribution in [0.1, 0.15) is 12.8 Å². The van der Waals surface area contributed by atoms with E-state index in [1.54, 1.807) is 0 Å². The van der Waals surface area contributed by atoms with Crippen molar-refractivity contribution < 1.29 is 48.0 Å². The molecule has 13 heteroatoms. The van der Waals surface area contributed by atoms with Crippen LogP contribution in [0.4, 0.5) is 43.9 Å². The summed E-state index contributed by atoms with van der Waals surface area (Å²) < 4.78 is 130. The maximum atomic E-state index is 13.0. The zero-order valence-corrected chi connectivity index (χ0v) is 16.0. The van der Waals surface area contributed by atoms with Gasteiger partial charge in [0.15, 0.2) is 16.6 Å². The van der Waals surface area contributed by atoms with Crippen molar-refractivity contribution in [3.05, 3.63) is 0 Å². The van der Waals surface area contributed by atoms with Crippen molar-refractivity contribution in [3.8, 4) is 0 Å². The smallest absolute Gasteiger partial charge is 0.453 e. The summed E-state index contributed by atoms with van der Waals surface area (Å²) in [4.78, 5) is 0. The Morgan fingerprint density at radius 2 is 0.800 bits per heavy atom. The molecule has 0 unspecified atom stereocenters. The van der Waals surface area contributed by atoms with Gasteiger partial charge in [0.05, 0.1) is 0 Å². The molecule has 0 bridgehead atoms. The van der Waals surface area contributed by atoms with Crippen LogP contribution in [0.5, 0.6) is 0 Å². The summed E-state index contributed by atoms with van der Waals surface area (Å²) in [5.41, 5.74) is 0. The fourth-order valence-corrected chi connectivity index (χ4v) is 10.7. The van der Waals surface area contributed by atoms with Gasteiger partial charge in [-0.05, 0) is 38.3 Å². The highest BCUT2D eigenvalue weighted by Gasteiger charge is 2.58. The number of hydrogen-bond donors (Lipinski definition) is 0. The van der Waals surface area contributed by atoms with Crippen LogP contribution in [-0.4, -0.2) is 40.8 Å². The third-order valence-electron chi connectivity index (χ3n) is 3.46. The van der Waals surface area contributed by atoms with Crippen LogP contribution in [0.3, 0.4) is 0 Å². The Morgan fingerprint density at radius 1 is 0.560 bits per heavy atom. The van der Waals surface area contributed by atoms with E-state index in [0.717, 1.165) is 0 Å². The van der Waals surface area contributed by atoms with Gasteiger partial charge in [0, 0.05) is 12.8 Å². The molecule has 0 aliphatic heterocycles. The molecule has 0 radical (unpaired) electrons. The van der Waals surface area contributed by atoms with E-state index in [0.29, 0.717) is 0 Å². The molecular weight excluding hydrogens is 406 g/mol. The molecule has 0 aliphatic rings. The Kier molecular flexibility index (Phi) is 7.28. The molecule has 0 heterocycles. The van der Waals surface area contributed by atoms with Gasteiger partial charge < -0.3 is 4.12 Å². The Morgan fingerprint density at radius 3 is 1.00 bits per heavy atom. The summed E-state index contributed by atoms with van der Waals surface area (Å²) in [6.07, 6.45) is -14.4. The molecule has 0 rings (SSSR count). The average Bonchev–Trinajstić information content (AvgIpc) is 2.31. The van der Waals surface area contributed by atoms with E-state index in [2.05, 4.69) is 0 Å². The fourth-order valence-electron chi connectivity index (χ4n) is 2.05. The molecule has 0 fully saturated rings. The second-order valence-corrected chi connectivity index (χ2v) is 15.9. The molecule has 152 valence electrons. The van der Waals surface area contributed by atoms with Crippen LogP contribution in [0.2, 0.25) is 38.3 Å². The molecule has 0 atom stereocenters. The first kappa shape index (κ1) is 24.7. The zero-order valence-electron chi connectivity index (χ0n) is 14.0. The molecule has 0 aromatic heterocycles. The molecule has 0 spiro atoms. The first-order valence-corrected chi connectivity index (χ1v) is 13.4. The number of alkyl halides is 10. The summed E-state index contributed by atoms with van der Waals surface area (Å²) in [6.45, 7) is 5.32. The van der Waals surface area contributed by atoms with Gasteiger partial charge in [-0.25, -0.2) is 0 Å². The summed E-state index contributed by atoms with van der Waals surface area (Å²) >= 11 is 0. The van der Waals surface area contributed by atoms with Crippen molar-refractivity contribution in [1.29, 1.82) is 0 Å². The first-order chi connectivity index (χ1) is 10.6. The maximum Gasteiger partial charge on any atom is 0.453 e. The Bertz CT molecular complexity index is 402. The predicted molar refractivity (Wildman–Crippen MR) is 76.9 cm³/mol. The summed E-state index contributed by atoms with van der Waals surface area (Å²) in [5.74, 6) is -9.81. The van der Waals surface area contributed by atoms with Gasteiger partial charge in [-0.15, -0.1) is 0 Å². The Balaban J connectivity index is 4.82. The monoisotopic (exact) mass is 426 g/mol. The summed E-state index contributed by atoms with van der Waals surface area (Å²) in [5, 5.41) is 0. The second-order valence-electron chi connectivity index (χ2n) is 7.03. The SMILES string of the molecule is C[Si](C)(CCC(F)(F)C(F)(F)F)O[Si](C)(C)CCC(F)(F)C(F)(F)F. The topological polar surface area (TPSA) is 9.23 Å². The van der Waals surface area contributed by atoms with E-state index < -0.39 is 65.8 Å². The number of rotatable bonds is 8. The largest absolute Gasteiger partial charge is 0.455 e. The highest BCUT2D eigenvalue weighted by Crippen LogP contribution is 2.42. The van der Waals surface area contributed by atoms with Gasteiger partial charge in [-0.1, -0.05) is 0 Å². The van der Waals surface area contributed by atoms with E-state index in [9.17, 15) is 43.9 Å². The molecule has 0 amide bonds. The van der Waals surface area contributed by atoms with Crippen molar-refractivity contribution in [2.75, 3.05) is 0 Å². The third-order valence-corrected chi connectivity index (χ3v) is 10.8. The lowest BCUT2D eigenvalue weighted by molar-refractivity contribution is -0.282. The molecule has 0 N–H and O–H groups in total. The Labute approximate surface area is 141 Å². The van der Waals surface area contributed by atoms with E-state index in [4.69, 9.17) is 4.12 Å². The lowest BCUT2D eigenvalue weighted by Gasteiger charge is -2.35. The zero-order chi connectivity index (χ0) is 20.5. The van der Waals surface area contributed by atoms with Gasteiger partial charge >= 0.3 is 24.2 Å². The molecule has 0 aromatic rings. The lowest BCUT2D eigenvalue weighted by atomic mass is 10.2. The molecule has 0 aromatic carbocycles. The van der Waals surface area contributed by atoms with Crippen molar-refractivity contribution >= 4 is 16.6 Å². The molecular formula is C12H20F10OSi2. The quantitative estimate of drug-likeness (QED) is 0.314. The van der Waals surface area contributed by atoms with E-state index in [1.807, 2.05) is 0 Å². The molecule has 25 heavy (non-hydrogen) atoms. The van der Waals surface area contributed by atoms with Crippen LogP contribution >= 0.6 is 0 Å². The van der Waals surface area contributed by atoms with Gasteiger partial charge in [0.2, 0.25) is 0 Å². The van der Waals surface area contributed by atoms with E-state index >= 15 is 0 Å². The summed E-state index contributed by atoms with van der Waals surface area (Å²) in [6, 6.07) is -1.21. The second kappa shape index (κ2) is 7.37. The Hall–Kier alpha value is -0.306. The first-order valence-electron chi connectivity index (χ1n) is 7.21. The van der Waals surface area contributed by atoms with Gasteiger partial charge in [-0.2, -0.15) is 43.9 Å². The summed E-state index contributed by atoms with van der Waals surface area (Å²) in [7, 11) is -6.23. The van der Waals surface area contributed by atoms with Crippen molar-refractivity contribution in [3.63, 3.8) is 0 Å². The van der Waals surface area contributed by atoms with Crippen molar-refractivity contribution in [2.24, 2.45) is 0 Å². The number of halogens is 10. The minimum Gasteiger partial charge on any atom is -0.455 e. The molecule has 0 aliphatic carbocycles. The molecule has 0 saturated carbocycles. The normalized spacial score (nSPS) is 15.6. The van der Waals surface area contributed by atoms with Crippen LogP contribution in [-0.2, 0) is 4.12 Å². The number of hydrogen-bond acceptors (Lipinski definition) is 1. The third kappa shape index (κ3) is 7.85. The minimum atomic E-state index is -5.71. The molecule has 0 saturated heterocycles. The van der Waals surface area contributed by atoms with E-state index in [1.165, 1.54) is 26.2 Å². The van der Waals surface area contributed by atoms with E-state index in [-0.39, 0.29) is 0 Å². The highest BCUT2D eigenvalue weighted by molar-refractivity contribution is 6.84. The maximum absolute atomic E-state index is 13.0. The van der Waals surface area contributed by atoms with Gasteiger partial charge in [0.25, 0.3) is 0 Å². The van der Waals surface area contributed by atoms with Crippen molar-refractivity contribution in [1.82, 2.24) is 0 Å². The lowest BCUT2D eigenvalue weighted by Crippen LogP contribution is -2.47. The minimum absolute atomic E-state index is 0.606. The standard InChI is InChI=1S/C12H20F10OSi2/c1-24(2,7-5-9(13,14)11(17,18)19)23-25(3,4)8-6-10(15,16)12(20,21)22/h5-8H2,1-4H3. The fraction of sp³-hybridized carbons (Fsp3) is 1.00. The van der Waals surface area contributed by atoms with Gasteiger partial charge in [0.1, 0.15) is 0 Å². The van der Waals surface area contributed by atoms with Crippen molar-refractivity contribution in [2.45, 2.75) is 75.3 Å². The highest BCUT2D eigenvalue weighted by atomic mass is 28.4. The molecule has 1 nitrogen and oxygen atoms in total. The van der Waals surface area contributed by atoms with Crippen LogP contribution < -0.4 is 0 Å². The van der Waals surface area contributed by atoms with Crippen LogP contribution in [0.25, 0.3) is 0 Å².